The first kappa shape index (κ1) is 16.0. The molecule has 0 bridgehead atoms. The number of carbonyl (C=O) groups is 1. The van der Waals surface area contributed by atoms with Gasteiger partial charge in [-0.25, -0.2) is 4.79 Å². The van der Waals surface area contributed by atoms with Crippen molar-refractivity contribution in [2.45, 2.75) is 12.2 Å². The number of carbonyl (C=O) groups excluding carboxylic acids is 1. The molecule has 0 amide bonds. The van der Waals surface area contributed by atoms with Crippen LogP contribution in [0.1, 0.15) is 33.7 Å². The van der Waals surface area contributed by atoms with Gasteiger partial charge in [-0.1, -0.05) is 24.3 Å². The van der Waals surface area contributed by atoms with Crippen molar-refractivity contribution in [2.24, 2.45) is 0 Å². The quantitative estimate of drug-likeness (QED) is 0.829. The first-order chi connectivity index (χ1) is 10.6. The molecule has 0 heterocycles. The monoisotopic (exact) mass is 302 g/mol. The summed E-state index contributed by atoms with van der Waals surface area (Å²) in [5.74, 6) is 0.226. The Bertz CT molecular complexity index is 619. The highest BCUT2D eigenvalue weighted by atomic mass is 16.5. The van der Waals surface area contributed by atoms with Crippen molar-refractivity contribution in [3.63, 3.8) is 0 Å². The first-order valence-corrected chi connectivity index (χ1v) is 6.75. The van der Waals surface area contributed by atoms with Crippen molar-refractivity contribution in [3.05, 3.63) is 65.2 Å². The molecule has 0 aromatic heterocycles. The summed E-state index contributed by atoms with van der Waals surface area (Å²) in [7, 11) is 2.86. The Labute approximate surface area is 128 Å². The number of methoxy groups -OCH3 is 2. The van der Waals surface area contributed by atoms with Crippen molar-refractivity contribution < 1.29 is 24.5 Å². The molecule has 0 spiro atoms. The number of esters is 1. The van der Waals surface area contributed by atoms with Gasteiger partial charge in [-0.15, -0.1) is 0 Å². The summed E-state index contributed by atoms with van der Waals surface area (Å²) in [6.07, 6.45) is -2.17. The molecule has 2 N–H and O–H groups in total. The van der Waals surface area contributed by atoms with Crippen LogP contribution in [0.5, 0.6) is 5.75 Å². The SMILES string of the molecule is COC(=O)c1ccc(C(O)C(O)c2ccc(OC)cc2)cc1. The second-order valence-corrected chi connectivity index (χ2v) is 4.78. The molecule has 5 heteroatoms. The van der Waals surface area contributed by atoms with Crippen LogP contribution in [0.3, 0.4) is 0 Å². The number of aliphatic hydroxyl groups is 2. The van der Waals surface area contributed by atoms with E-state index >= 15 is 0 Å². The van der Waals surface area contributed by atoms with Crippen LogP contribution in [-0.4, -0.2) is 30.4 Å². The second kappa shape index (κ2) is 7.06. The van der Waals surface area contributed by atoms with Crippen LogP contribution < -0.4 is 4.74 Å². The van der Waals surface area contributed by atoms with Crippen LogP contribution in [0.2, 0.25) is 0 Å². The molecule has 116 valence electrons. The lowest BCUT2D eigenvalue weighted by Crippen LogP contribution is -2.11. The van der Waals surface area contributed by atoms with Crippen LogP contribution in [0.4, 0.5) is 0 Å². The number of hydrogen-bond donors (Lipinski definition) is 2. The molecule has 2 rings (SSSR count). The van der Waals surface area contributed by atoms with Crippen LogP contribution in [0, 0.1) is 0 Å². The van der Waals surface area contributed by atoms with Crippen molar-refractivity contribution in [1.29, 1.82) is 0 Å². The Hall–Kier alpha value is -2.37. The van der Waals surface area contributed by atoms with Crippen LogP contribution >= 0.6 is 0 Å². The largest absolute Gasteiger partial charge is 0.497 e. The van der Waals surface area contributed by atoms with Gasteiger partial charge in [0.1, 0.15) is 18.0 Å². The molecule has 0 aliphatic carbocycles. The number of benzene rings is 2. The average Bonchev–Trinajstić information content (AvgIpc) is 2.60. The van der Waals surface area contributed by atoms with E-state index in [-0.39, 0.29) is 0 Å². The summed E-state index contributed by atoms with van der Waals surface area (Å²) >= 11 is 0. The zero-order valence-corrected chi connectivity index (χ0v) is 12.4. The lowest BCUT2D eigenvalue weighted by molar-refractivity contribution is 0.0172. The van der Waals surface area contributed by atoms with Gasteiger partial charge in [0.15, 0.2) is 0 Å². The van der Waals surface area contributed by atoms with E-state index in [1.807, 2.05) is 0 Å². The maximum absolute atomic E-state index is 11.4. The third-order valence-electron chi connectivity index (χ3n) is 3.43. The Morgan fingerprint density at radius 3 is 1.73 bits per heavy atom. The summed E-state index contributed by atoms with van der Waals surface area (Å²) in [5.41, 5.74) is 1.47. The van der Waals surface area contributed by atoms with Gasteiger partial charge in [0.05, 0.1) is 19.8 Å². The molecular formula is C17H18O5. The molecule has 0 saturated carbocycles. The highest BCUT2D eigenvalue weighted by molar-refractivity contribution is 5.89. The van der Waals surface area contributed by atoms with Crippen molar-refractivity contribution >= 4 is 5.97 Å². The molecule has 0 radical (unpaired) electrons. The second-order valence-electron chi connectivity index (χ2n) is 4.78. The molecule has 2 atom stereocenters. The predicted octanol–water partition coefficient (Wildman–Crippen LogP) is 2.25. The number of ether oxygens (including phenoxy) is 2. The summed E-state index contributed by atoms with van der Waals surface area (Å²) in [5, 5.41) is 20.5. The average molecular weight is 302 g/mol. The van der Waals surface area contributed by atoms with E-state index in [4.69, 9.17) is 4.74 Å². The lowest BCUT2D eigenvalue weighted by atomic mass is 9.97. The van der Waals surface area contributed by atoms with Crippen molar-refractivity contribution in [2.75, 3.05) is 14.2 Å². The molecule has 22 heavy (non-hydrogen) atoms. The van der Waals surface area contributed by atoms with Crippen molar-refractivity contribution in [1.82, 2.24) is 0 Å². The van der Waals surface area contributed by atoms with Gasteiger partial charge in [-0.05, 0) is 35.4 Å². The zero-order valence-electron chi connectivity index (χ0n) is 12.4. The topological polar surface area (TPSA) is 76.0 Å². The molecule has 0 fully saturated rings. The summed E-state index contributed by atoms with van der Waals surface area (Å²) in [6.45, 7) is 0. The van der Waals surface area contributed by atoms with E-state index in [0.29, 0.717) is 22.4 Å². The lowest BCUT2D eigenvalue weighted by Gasteiger charge is -2.19. The molecule has 2 aromatic carbocycles. The molecular weight excluding hydrogens is 284 g/mol. The summed E-state index contributed by atoms with van der Waals surface area (Å²) in [4.78, 5) is 11.4. The van der Waals surface area contributed by atoms with E-state index in [1.54, 1.807) is 55.6 Å². The predicted molar refractivity (Wildman–Crippen MR) is 80.7 cm³/mol. The Morgan fingerprint density at radius 2 is 1.32 bits per heavy atom. The minimum atomic E-state index is -1.10. The molecule has 2 aromatic rings. The third-order valence-corrected chi connectivity index (χ3v) is 3.43. The van der Waals surface area contributed by atoms with Gasteiger partial charge in [0, 0.05) is 0 Å². The minimum absolute atomic E-state index is 0.386. The van der Waals surface area contributed by atoms with Crippen LogP contribution in [0.15, 0.2) is 48.5 Å². The van der Waals surface area contributed by atoms with E-state index < -0.39 is 18.2 Å². The molecule has 2 unspecified atom stereocenters. The molecule has 0 aliphatic rings. The molecule has 0 aliphatic heterocycles. The summed E-state index contributed by atoms with van der Waals surface area (Å²) < 4.78 is 9.66. The number of aliphatic hydroxyl groups excluding tert-OH is 2. The van der Waals surface area contributed by atoms with Gasteiger partial charge in [-0.3, -0.25) is 0 Å². The number of rotatable bonds is 5. The van der Waals surface area contributed by atoms with Gasteiger partial charge >= 0.3 is 5.97 Å². The van der Waals surface area contributed by atoms with Crippen LogP contribution in [-0.2, 0) is 4.74 Å². The molecule has 5 nitrogen and oxygen atoms in total. The number of hydrogen-bond acceptors (Lipinski definition) is 5. The summed E-state index contributed by atoms with van der Waals surface area (Å²) in [6, 6.07) is 13.1. The third kappa shape index (κ3) is 3.44. The fraction of sp³-hybridized carbons (Fsp3) is 0.235. The fourth-order valence-electron chi connectivity index (χ4n) is 2.10. The normalized spacial score (nSPS) is 13.3. The Morgan fingerprint density at radius 1 is 0.864 bits per heavy atom. The first-order valence-electron chi connectivity index (χ1n) is 6.75. The van der Waals surface area contributed by atoms with E-state index in [9.17, 15) is 15.0 Å². The van der Waals surface area contributed by atoms with Gasteiger partial charge in [0.25, 0.3) is 0 Å². The highest BCUT2D eigenvalue weighted by Crippen LogP contribution is 2.29. The minimum Gasteiger partial charge on any atom is -0.497 e. The van der Waals surface area contributed by atoms with Gasteiger partial charge < -0.3 is 19.7 Å². The Balaban J connectivity index is 2.15. The maximum Gasteiger partial charge on any atom is 0.337 e. The standard InChI is InChI=1S/C17H18O5/c1-21-14-9-7-12(8-10-14)16(19)15(18)11-3-5-13(6-4-11)17(20)22-2/h3-10,15-16,18-19H,1-2H3. The van der Waals surface area contributed by atoms with Gasteiger partial charge in [0.2, 0.25) is 0 Å². The maximum atomic E-state index is 11.4. The Kier molecular flexibility index (Phi) is 5.14. The molecule has 0 saturated heterocycles. The van der Waals surface area contributed by atoms with Crippen molar-refractivity contribution in [3.8, 4) is 5.75 Å². The van der Waals surface area contributed by atoms with Crippen LogP contribution in [0.25, 0.3) is 0 Å². The fourth-order valence-corrected chi connectivity index (χ4v) is 2.10. The highest BCUT2D eigenvalue weighted by Gasteiger charge is 2.20. The zero-order chi connectivity index (χ0) is 16.1. The van der Waals surface area contributed by atoms with E-state index in [0.717, 1.165) is 0 Å². The van der Waals surface area contributed by atoms with E-state index in [1.165, 1.54) is 7.11 Å². The smallest absolute Gasteiger partial charge is 0.337 e. The van der Waals surface area contributed by atoms with Gasteiger partial charge in [-0.2, -0.15) is 0 Å². The van der Waals surface area contributed by atoms with E-state index in [2.05, 4.69) is 4.74 Å².